The van der Waals surface area contributed by atoms with Crippen LogP contribution >= 0.6 is 0 Å². The number of amides is 1. The van der Waals surface area contributed by atoms with Gasteiger partial charge in [0.15, 0.2) is 0 Å². The van der Waals surface area contributed by atoms with Crippen molar-refractivity contribution in [1.82, 2.24) is 9.88 Å². The summed E-state index contributed by atoms with van der Waals surface area (Å²) in [5, 5.41) is 11.9. The maximum atomic E-state index is 12.2. The predicted octanol–water partition coefficient (Wildman–Crippen LogP) is 1.35. The van der Waals surface area contributed by atoms with Crippen LogP contribution in [-0.2, 0) is 17.8 Å². The second-order valence-corrected chi connectivity index (χ2v) is 5.55. The van der Waals surface area contributed by atoms with Gasteiger partial charge in [-0.05, 0) is 30.0 Å². The third-order valence-corrected chi connectivity index (χ3v) is 4.01. The molecule has 3 rings (SSSR count). The number of carbonyl (C=O) groups excluding carboxylic acids is 1. The van der Waals surface area contributed by atoms with Crippen LogP contribution in [0.2, 0.25) is 0 Å². The van der Waals surface area contributed by atoms with E-state index in [1.165, 1.54) is 17.8 Å². The Balaban J connectivity index is 1.72. The monoisotopic (exact) mass is 312 g/mol. The van der Waals surface area contributed by atoms with Crippen molar-refractivity contribution in [1.29, 1.82) is 0 Å². The second-order valence-electron chi connectivity index (χ2n) is 5.55. The lowest BCUT2D eigenvalue weighted by Crippen LogP contribution is -2.34. The second kappa shape index (κ2) is 6.08. The molecule has 0 saturated heterocycles. The van der Waals surface area contributed by atoms with Crippen molar-refractivity contribution in [2.24, 2.45) is 0 Å². The van der Waals surface area contributed by atoms with Gasteiger partial charge in [-0.2, -0.15) is 0 Å². The molecule has 0 aliphatic heterocycles. The number of carbonyl (C=O) groups is 2. The highest BCUT2D eigenvalue weighted by Crippen LogP contribution is 2.30. The lowest BCUT2D eigenvalue weighted by molar-refractivity contribution is -0.122. The van der Waals surface area contributed by atoms with Crippen LogP contribution in [0, 0.1) is 0 Å². The van der Waals surface area contributed by atoms with Crippen molar-refractivity contribution in [2.75, 3.05) is 0 Å². The van der Waals surface area contributed by atoms with Crippen LogP contribution in [0.25, 0.3) is 0 Å². The molecule has 2 aromatic rings. The maximum absolute atomic E-state index is 12.2. The van der Waals surface area contributed by atoms with Gasteiger partial charge in [-0.3, -0.25) is 9.59 Å². The normalized spacial score (nSPS) is 15.9. The summed E-state index contributed by atoms with van der Waals surface area (Å²) in [5.74, 6) is -1.44. The number of hydrogen-bond donors (Lipinski definition) is 2. The van der Waals surface area contributed by atoms with Crippen molar-refractivity contribution >= 4 is 11.9 Å². The van der Waals surface area contributed by atoms with Gasteiger partial charge in [0.05, 0.1) is 11.6 Å². The van der Waals surface area contributed by atoms with Crippen LogP contribution in [0.15, 0.2) is 47.4 Å². The van der Waals surface area contributed by atoms with Crippen LogP contribution in [-0.4, -0.2) is 21.6 Å². The van der Waals surface area contributed by atoms with E-state index in [1.807, 2.05) is 24.3 Å². The van der Waals surface area contributed by atoms with E-state index in [4.69, 9.17) is 5.11 Å². The van der Waals surface area contributed by atoms with Crippen molar-refractivity contribution < 1.29 is 14.7 Å². The highest BCUT2D eigenvalue weighted by atomic mass is 16.4. The number of benzene rings is 1. The first-order valence-electron chi connectivity index (χ1n) is 7.35. The molecule has 0 unspecified atom stereocenters. The van der Waals surface area contributed by atoms with Gasteiger partial charge in [-0.25, -0.2) is 4.79 Å². The predicted molar refractivity (Wildman–Crippen MR) is 83.3 cm³/mol. The zero-order valence-electron chi connectivity index (χ0n) is 12.4. The first-order valence-corrected chi connectivity index (χ1v) is 7.35. The number of nitrogens with one attached hydrogen (secondary N) is 1. The lowest BCUT2D eigenvalue weighted by Gasteiger charge is -2.15. The van der Waals surface area contributed by atoms with Crippen LogP contribution in [0.4, 0.5) is 0 Å². The zero-order chi connectivity index (χ0) is 16.4. The Labute approximate surface area is 132 Å². The largest absolute Gasteiger partial charge is 0.478 e. The smallest absolute Gasteiger partial charge is 0.337 e. The first-order chi connectivity index (χ1) is 11.0. The van der Waals surface area contributed by atoms with Gasteiger partial charge in [0.25, 0.3) is 5.56 Å². The summed E-state index contributed by atoms with van der Waals surface area (Å²) in [5.41, 5.74) is 1.90. The van der Waals surface area contributed by atoms with Crippen molar-refractivity contribution in [3.05, 3.63) is 69.6 Å². The van der Waals surface area contributed by atoms with E-state index in [9.17, 15) is 14.4 Å². The van der Waals surface area contributed by atoms with Crippen LogP contribution < -0.4 is 10.9 Å². The zero-order valence-corrected chi connectivity index (χ0v) is 12.4. The molecule has 1 aliphatic carbocycles. The summed E-state index contributed by atoms with van der Waals surface area (Å²) in [6, 6.07) is 10.3. The minimum Gasteiger partial charge on any atom is -0.478 e. The van der Waals surface area contributed by atoms with E-state index in [2.05, 4.69) is 5.32 Å². The van der Waals surface area contributed by atoms with E-state index >= 15 is 0 Å². The molecule has 1 atom stereocenters. The molecule has 2 N–H and O–H groups in total. The Morgan fingerprint density at radius 1 is 1.22 bits per heavy atom. The molecule has 6 nitrogen and oxygen atoms in total. The molecule has 0 bridgehead atoms. The maximum Gasteiger partial charge on any atom is 0.337 e. The van der Waals surface area contributed by atoms with E-state index in [1.54, 1.807) is 0 Å². The minimum atomic E-state index is -1.14. The Kier molecular flexibility index (Phi) is 3.97. The molecular weight excluding hydrogens is 296 g/mol. The summed E-state index contributed by atoms with van der Waals surface area (Å²) < 4.78 is 1.11. The number of aryl methyl sites for hydroxylation is 1. The van der Waals surface area contributed by atoms with Crippen LogP contribution in [0.5, 0.6) is 0 Å². The average Bonchev–Trinajstić information content (AvgIpc) is 2.92. The number of rotatable bonds is 4. The molecule has 0 fully saturated rings. The molecule has 0 radical (unpaired) electrons. The molecule has 6 heteroatoms. The summed E-state index contributed by atoms with van der Waals surface area (Å²) in [6.45, 7) is -0.196. The first kappa shape index (κ1) is 15.0. The third-order valence-electron chi connectivity index (χ3n) is 4.01. The minimum absolute atomic E-state index is 0.0244. The van der Waals surface area contributed by atoms with Crippen LogP contribution in [0.3, 0.4) is 0 Å². The van der Waals surface area contributed by atoms with Gasteiger partial charge in [-0.1, -0.05) is 24.3 Å². The molecule has 0 saturated carbocycles. The number of aromatic carboxylic acids is 1. The quantitative estimate of drug-likeness (QED) is 0.892. The highest BCUT2D eigenvalue weighted by molar-refractivity contribution is 5.87. The Morgan fingerprint density at radius 3 is 2.78 bits per heavy atom. The molecule has 1 aliphatic rings. The van der Waals surface area contributed by atoms with Crippen molar-refractivity contribution in [3.63, 3.8) is 0 Å². The number of fused-ring (bicyclic) bond motifs is 1. The summed E-state index contributed by atoms with van der Waals surface area (Å²) in [6.07, 6.45) is 2.93. The highest BCUT2D eigenvalue weighted by Gasteiger charge is 2.23. The molecule has 0 spiro atoms. The summed E-state index contributed by atoms with van der Waals surface area (Å²) in [4.78, 5) is 34.9. The molecular formula is C17H16N2O4. The van der Waals surface area contributed by atoms with Crippen molar-refractivity contribution in [3.8, 4) is 0 Å². The third kappa shape index (κ3) is 3.15. The lowest BCUT2D eigenvalue weighted by atomic mass is 10.1. The summed E-state index contributed by atoms with van der Waals surface area (Å²) in [7, 11) is 0. The molecule has 118 valence electrons. The SMILES string of the molecule is O=C(Cn1cc(C(=O)O)ccc1=O)N[C@@H]1CCc2ccccc21. The van der Waals surface area contributed by atoms with E-state index in [-0.39, 0.29) is 24.1 Å². The van der Waals surface area contributed by atoms with Gasteiger partial charge in [-0.15, -0.1) is 0 Å². The molecule has 23 heavy (non-hydrogen) atoms. The average molecular weight is 312 g/mol. The van der Waals surface area contributed by atoms with Gasteiger partial charge in [0, 0.05) is 12.3 Å². The van der Waals surface area contributed by atoms with Gasteiger partial charge in [0.1, 0.15) is 6.54 Å². The Hall–Kier alpha value is -2.89. The Bertz CT molecular complexity index is 825. The van der Waals surface area contributed by atoms with E-state index < -0.39 is 11.5 Å². The number of carboxylic acid groups (broad SMARTS) is 1. The van der Waals surface area contributed by atoms with Gasteiger partial charge >= 0.3 is 5.97 Å². The molecule has 1 heterocycles. The van der Waals surface area contributed by atoms with Gasteiger partial charge in [0.2, 0.25) is 5.91 Å². The number of pyridine rings is 1. The Morgan fingerprint density at radius 2 is 2.00 bits per heavy atom. The molecule has 1 amide bonds. The molecule has 1 aromatic heterocycles. The van der Waals surface area contributed by atoms with E-state index in [0.29, 0.717) is 0 Å². The number of carboxylic acids is 1. The molecule has 1 aromatic carbocycles. The topological polar surface area (TPSA) is 88.4 Å². The fourth-order valence-corrected chi connectivity index (χ4v) is 2.88. The summed E-state index contributed by atoms with van der Waals surface area (Å²) >= 11 is 0. The standard InChI is InChI=1S/C17H16N2O4/c20-15(10-19-9-12(17(22)23)6-8-16(19)21)18-14-7-5-11-3-1-2-4-13(11)14/h1-4,6,8-9,14H,5,7,10H2,(H,18,20)(H,22,23)/t14-/m1/s1. The number of nitrogens with zero attached hydrogens (tertiary/aromatic N) is 1. The number of aromatic nitrogens is 1. The number of hydrogen-bond acceptors (Lipinski definition) is 3. The fraction of sp³-hybridized carbons (Fsp3) is 0.235. The van der Waals surface area contributed by atoms with E-state index in [0.717, 1.165) is 29.0 Å². The van der Waals surface area contributed by atoms with Crippen molar-refractivity contribution in [2.45, 2.75) is 25.4 Å². The van der Waals surface area contributed by atoms with Crippen LogP contribution in [0.1, 0.15) is 33.9 Å². The fourth-order valence-electron chi connectivity index (χ4n) is 2.88. The van der Waals surface area contributed by atoms with Gasteiger partial charge < -0.3 is 15.0 Å².